The first kappa shape index (κ1) is 21.7. The highest BCUT2D eigenvalue weighted by molar-refractivity contribution is 5.74. The molecular formula is C25H40N2. The fourth-order valence-electron chi connectivity index (χ4n) is 4.01. The molecule has 2 unspecified atom stereocenters. The molecule has 1 aliphatic rings. The summed E-state index contributed by atoms with van der Waals surface area (Å²) in [4.78, 5) is 4.89. The van der Waals surface area contributed by atoms with Crippen molar-refractivity contribution in [3.63, 3.8) is 0 Å². The maximum Gasteiger partial charge on any atom is 0.126 e. The third kappa shape index (κ3) is 7.16. The first-order valence-corrected chi connectivity index (χ1v) is 11.3. The van der Waals surface area contributed by atoms with E-state index < -0.39 is 0 Å². The van der Waals surface area contributed by atoms with Gasteiger partial charge in [0, 0.05) is 6.54 Å². The van der Waals surface area contributed by atoms with Crippen molar-refractivity contribution in [3.05, 3.63) is 41.6 Å². The molecule has 2 atom stereocenters. The molecule has 1 heterocycles. The van der Waals surface area contributed by atoms with Crippen molar-refractivity contribution >= 4 is 11.4 Å². The summed E-state index contributed by atoms with van der Waals surface area (Å²) in [6, 6.07) is 6.38. The van der Waals surface area contributed by atoms with E-state index in [0.29, 0.717) is 11.8 Å². The molecular weight excluding hydrogens is 328 g/mol. The molecule has 2 nitrogen and oxygen atoms in total. The van der Waals surface area contributed by atoms with Crippen LogP contribution in [0.5, 0.6) is 0 Å². The zero-order chi connectivity index (χ0) is 19.5. The molecule has 2 heteroatoms. The molecule has 0 saturated heterocycles. The topological polar surface area (TPSA) is 24.9 Å². The second-order valence-electron chi connectivity index (χ2n) is 8.18. The van der Waals surface area contributed by atoms with Crippen LogP contribution in [0.2, 0.25) is 0 Å². The number of nitrogens with zero attached hydrogens (tertiary/aromatic N) is 1. The molecule has 150 valence electrons. The zero-order valence-electron chi connectivity index (χ0n) is 18.1. The highest BCUT2D eigenvalue weighted by Crippen LogP contribution is 2.35. The lowest BCUT2D eigenvalue weighted by Crippen LogP contribution is -2.11. The Hall–Kier alpha value is -1.57. The Morgan fingerprint density at radius 2 is 1.93 bits per heavy atom. The Labute approximate surface area is 167 Å². The minimum atomic E-state index is 0.671. The summed E-state index contributed by atoms with van der Waals surface area (Å²) in [7, 11) is 0. The van der Waals surface area contributed by atoms with Gasteiger partial charge in [-0.25, -0.2) is 4.98 Å². The summed E-state index contributed by atoms with van der Waals surface area (Å²) in [6.07, 6.45) is 16.6. The molecule has 1 aromatic rings. The van der Waals surface area contributed by atoms with Gasteiger partial charge in [-0.05, 0) is 55.2 Å². The van der Waals surface area contributed by atoms with Crippen LogP contribution in [0.15, 0.2) is 35.9 Å². The maximum absolute atomic E-state index is 4.89. The van der Waals surface area contributed by atoms with Gasteiger partial charge in [-0.3, -0.25) is 0 Å². The standard InChI is InChI=1S/C25H40N2/c1-5-8-9-10-13-21-17-22(20(4)12-6-2)19-23(18-21)24-14-11-15-25(27-24)26-16-7-3/h11,14-15,18-21H,5-10,12-13,16-17H2,1-4H3,(H,26,27). The summed E-state index contributed by atoms with van der Waals surface area (Å²) in [5, 5.41) is 3.43. The Balaban J connectivity index is 2.18. The second-order valence-corrected chi connectivity index (χ2v) is 8.18. The SMILES string of the molecule is CCCCCCC1C=C(c2cccc(NCCC)n2)C=C(C(C)CCC)C1. The van der Waals surface area contributed by atoms with Crippen LogP contribution in [0.1, 0.15) is 91.2 Å². The van der Waals surface area contributed by atoms with Crippen molar-refractivity contribution in [1.29, 1.82) is 0 Å². The van der Waals surface area contributed by atoms with Crippen LogP contribution in [0.25, 0.3) is 5.57 Å². The number of pyridine rings is 1. The largest absolute Gasteiger partial charge is 0.370 e. The minimum absolute atomic E-state index is 0.671. The normalized spacial score (nSPS) is 18.0. The maximum atomic E-state index is 4.89. The van der Waals surface area contributed by atoms with Crippen molar-refractivity contribution in [2.24, 2.45) is 11.8 Å². The van der Waals surface area contributed by atoms with Crippen LogP contribution >= 0.6 is 0 Å². The number of rotatable bonds is 12. The smallest absolute Gasteiger partial charge is 0.126 e. The van der Waals surface area contributed by atoms with Gasteiger partial charge >= 0.3 is 0 Å². The zero-order valence-corrected chi connectivity index (χ0v) is 18.1. The molecule has 0 amide bonds. The van der Waals surface area contributed by atoms with E-state index in [1.54, 1.807) is 5.57 Å². The van der Waals surface area contributed by atoms with Crippen molar-refractivity contribution < 1.29 is 0 Å². The average molecular weight is 369 g/mol. The molecule has 0 aliphatic heterocycles. The van der Waals surface area contributed by atoms with E-state index in [0.717, 1.165) is 24.5 Å². The fraction of sp³-hybridized carbons (Fsp3) is 0.640. The van der Waals surface area contributed by atoms with Crippen molar-refractivity contribution in [2.75, 3.05) is 11.9 Å². The molecule has 1 aromatic heterocycles. The number of anilines is 1. The third-order valence-electron chi connectivity index (χ3n) is 5.64. The van der Waals surface area contributed by atoms with E-state index in [-0.39, 0.29) is 0 Å². The van der Waals surface area contributed by atoms with Crippen LogP contribution in [-0.4, -0.2) is 11.5 Å². The first-order chi connectivity index (χ1) is 13.2. The van der Waals surface area contributed by atoms with E-state index in [9.17, 15) is 0 Å². The summed E-state index contributed by atoms with van der Waals surface area (Å²) in [5.74, 6) is 2.35. The molecule has 27 heavy (non-hydrogen) atoms. The summed E-state index contributed by atoms with van der Waals surface area (Å²) >= 11 is 0. The number of hydrogen-bond acceptors (Lipinski definition) is 2. The van der Waals surface area contributed by atoms with E-state index in [2.05, 4.69) is 63.4 Å². The number of allylic oxidation sites excluding steroid dienone is 4. The summed E-state index contributed by atoms with van der Waals surface area (Å²) in [6.45, 7) is 10.2. The Bertz CT molecular complexity index is 615. The van der Waals surface area contributed by atoms with Crippen molar-refractivity contribution in [1.82, 2.24) is 4.98 Å². The molecule has 0 saturated carbocycles. The number of nitrogens with one attached hydrogen (secondary N) is 1. The minimum Gasteiger partial charge on any atom is -0.370 e. The lowest BCUT2D eigenvalue weighted by atomic mass is 9.80. The Morgan fingerprint density at radius 1 is 1.07 bits per heavy atom. The highest BCUT2D eigenvalue weighted by atomic mass is 15.0. The molecule has 0 fully saturated rings. The number of unbranched alkanes of at least 4 members (excludes halogenated alkanes) is 3. The fourth-order valence-corrected chi connectivity index (χ4v) is 4.01. The third-order valence-corrected chi connectivity index (χ3v) is 5.64. The highest BCUT2D eigenvalue weighted by Gasteiger charge is 2.20. The Morgan fingerprint density at radius 3 is 2.67 bits per heavy atom. The summed E-state index contributed by atoms with van der Waals surface area (Å²) in [5.41, 5.74) is 4.08. The van der Waals surface area contributed by atoms with Crippen molar-refractivity contribution in [2.45, 2.75) is 85.5 Å². The predicted octanol–water partition coefficient (Wildman–Crippen LogP) is 7.64. The lowest BCUT2D eigenvalue weighted by Gasteiger charge is -2.26. The molecule has 0 spiro atoms. The molecule has 0 bridgehead atoms. The van der Waals surface area contributed by atoms with Gasteiger partial charge in [0.05, 0.1) is 5.69 Å². The van der Waals surface area contributed by atoms with E-state index >= 15 is 0 Å². The molecule has 0 aromatic carbocycles. The predicted molar refractivity (Wildman–Crippen MR) is 120 cm³/mol. The molecule has 2 rings (SSSR count). The van der Waals surface area contributed by atoms with Gasteiger partial charge < -0.3 is 5.32 Å². The van der Waals surface area contributed by atoms with Crippen LogP contribution in [0, 0.1) is 11.8 Å². The van der Waals surface area contributed by atoms with Crippen LogP contribution in [0.4, 0.5) is 5.82 Å². The van der Waals surface area contributed by atoms with E-state index in [4.69, 9.17) is 4.98 Å². The van der Waals surface area contributed by atoms with Gasteiger partial charge in [-0.2, -0.15) is 0 Å². The van der Waals surface area contributed by atoms with Gasteiger partial charge in [-0.1, -0.05) is 83.6 Å². The summed E-state index contributed by atoms with van der Waals surface area (Å²) < 4.78 is 0. The number of aromatic nitrogens is 1. The van der Waals surface area contributed by atoms with Gasteiger partial charge in [0.2, 0.25) is 0 Å². The molecule has 1 N–H and O–H groups in total. The monoisotopic (exact) mass is 368 g/mol. The van der Waals surface area contributed by atoms with Crippen LogP contribution in [0.3, 0.4) is 0 Å². The van der Waals surface area contributed by atoms with Gasteiger partial charge in [0.25, 0.3) is 0 Å². The Kier molecular flexibility index (Phi) is 9.66. The van der Waals surface area contributed by atoms with Crippen LogP contribution < -0.4 is 5.32 Å². The number of hydrogen-bond donors (Lipinski definition) is 1. The average Bonchev–Trinajstić information content (AvgIpc) is 2.70. The van der Waals surface area contributed by atoms with Gasteiger partial charge in [0.1, 0.15) is 5.82 Å². The second kappa shape index (κ2) is 12.0. The van der Waals surface area contributed by atoms with E-state index in [1.165, 1.54) is 56.9 Å². The van der Waals surface area contributed by atoms with Gasteiger partial charge in [0.15, 0.2) is 0 Å². The van der Waals surface area contributed by atoms with Crippen LogP contribution in [-0.2, 0) is 0 Å². The lowest BCUT2D eigenvalue weighted by molar-refractivity contribution is 0.486. The molecule has 1 aliphatic carbocycles. The van der Waals surface area contributed by atoms with Gasteiger partial charge in [-0.15, -0.1) is 0 Å². The van der Waals surface area contributed by atoms with E-state index in [1.807, 2.05) is 0 Å². The molecule has 0 radical (unpaired) electrons. The first-order valence-electron chi connectivity index (χ1n) is 11.3. The quantitative estimate of drug-likeness (QED) is 0.383. The van der Waals surface area contributed by atoms with Crippen molar-refractivity contribution in [3.8, 4) is 0 Å².